The van der Waals surface area contributed by atoms with Gasteiger partial charge in [-0.1, -0.05) is 19.2 Å². The number of carboxylic acid groups (broad SMARTS) is 1. The summed E-state index contributed by atoms with van der Waals surface area (Å²) >= 11 is 0. The molecule has 0 radical (unpaired) electrons. The maximum Gasteiger partial charge on any atom is 0.0709 e. The fourth-order valence-corrected chi connectivity index (χ4v) is 0.0833. The van der Waals surface area contributed by atoms with Gasteiger partial charge in [0.2, 0.25) is 0 Å². The maximum atomic E-state index is 9.65. The van der Waals surface area contributed by atoms with Gasteiger partial charge in [-0.2, -0.15) is 0 Å². The molecule has 2 heteroatoms. The van der Waals surface area contributed by atoms with Gasteiger partial charge in [0.05, 0.1) is 5.97 Å². The highest BCUT2D eigenvalue weighted by Gasteiger charge is 1.80. The summed E-state index contributed by atoms with van der Waals surface area (Å²) in [6.45, 7) is 6.25. The van der Waals surface area contributed by atoms with Crippen LogP contribution in [0.5, 0.6) is 0 Å². The zero-order valence-corrected chi connectivity index (χ0v) is 3.81. The smallest absolute Gasteiger partial charge is 0.0709 e. The second-order valence-corrected chi connectivity index (χ2v) is 1.02. The first kappa shape index (κ1) is 5.95. The highest BCUT2D eigenvalue weighted by molar-refractivity contribution is 5.86. The van der Waals surface area contributed by atoms with Crippen LogP contribution in [0.4, 0.5) is 0 Å². The van der Waals surface area contributed by atoms with Gasteiger partial charge in [-0.15, -0.1) is 0 Å². The van der Waals surface area contributed by atoms with E-state index in [4.69, 9.17) is 0 Å². The Labute approximate surface area is 41.8 Å². The molecule has 0 bridgehead atoms. The molecule has 7 heavy (non-hydrogen) atoms. The molecular formula is C5H5O2-. The minimum atomic E-state index is -1.27. The van der Waals surface area contributed by atoms with Crippen LogP contribution in [0.3, 0.4) is 0 Å². The summed E-state index contributed by atoms with van der Waals surface area (Å²) in [6, 6.07) is 0. The molecule has 38 valence electrons. The van der Waals surface area contributed by atoms with Crippen molar-refractivity contribution in [2.24, 2.45) is 0 Å². The van der Waals surface area contributed by atoms with E-state index < -0.39 is 5.97 Å². The van der Waals surface area contributed by atoms with Crippen LogP contribution in [0, 0.1) is 0 Å². The normalized spacial score (nSPS) is 7.43. The molecule has 0 unspecified atom stereocenters. The van der Waals surface area contributed by atoms with Crippen molar-refractivity contribution >= 4 is 5.97 Å². The van der Waals surface area contributed by atoms with Crippen LogP contribution in [-0.2, 0) is 4.79 Å². The molecule has 0 rings (SSSR count). The van der Waals surface area contributed by atoms with Gasteiger partial charge in [0.25, 0.3) is 0 Å². The van der Waals surface area contributed by atoms with Crippen molar-refractivity contribution in [3.8, 4) is 0 Å². The highest BCUT2D eigenvalue weighted by atomic mass is 16.4. The molecule has 0 aliphatic heterocycles. The van der Waals surface area contributed by atoms with Gasteiger partial charge < -0.3 is 9.90 Å². The van der Waals surface area contributed by atoms with E-state index in [9.17, 15) is 9.90 Å². The lowest BCUT2D eigenvalue weighted by Crippen LogP contribution is -2.22. The van der Waals surface area contributed by atoms with E-state index >= 15 is 0 Å². The summed E-state index contributed by atoms with van der Waals surface area (Å²) in [5, 5.41) is 9.65. The molecule has 0 fully saturated rings. The number of rotatable bonds is 2. The quantitative estimate of drug-likeness (QED) is 0.343. The van der Waals surface area contributed by atoms with Crippen molar-refractivity contribution in [1.29, 1.82) is 0 Å². The van der Waals surface area contributed by atoms with Crippen molar-refractivity contribution < 1.29 is 9.90 Å². The summed E-state index contributed by atoms with van der Waals surface area (Å²) in [7, 11) is 0. The van der Waals surface area contributed by atoms with Crippen LogP contribution in [0.1, 0.15) is 0 Å². The van der Waals surface area contributed by atoms with Gasteiger partial charge in [0, 0.05) is 0 Å². The number of hydrogen-bond donors (Lipinski definition) is 0. The number of carboxylic acids is 1. The zero-order chi connectivity index (χ0) is 5.86. The number of carbonyl (C=O) groups is 1. The average molecular weight is 97.1 g/mol. The van der Waals surface area contributed by atoms with Crippen LogP contribution in [0.15, 0.2) is 24.8 Å². The molecule has 0 aliphatic carbocycles. The SMILES string of the molecule is C=CC(=C)C(=O)[O-]. The zero-order valence-electron chi connectivity index (χ0n) is 3.81. The number of carbonyl (C=O) groups excluding carboxylic acids is 1. The number of hydrogen-bond acceptors (Lipinski definition) is 2. The Morgan fingerprint density at radius 1 is 1.71 bits per heavy atom. The van der Waals surface area contributed by atoms with Gasteiger partial charge >= 0.3 is 0 Å². The third-order valence-electron chi connectivity index (χ3n) is 0.509. The summed E-state index contributed by atoms with van der Waals surface area (Å²) in [5.41, 5.74) is -0.0833. The van der Waals surface area contributed by atoms with Gasteiger partial charge in [0.1, 0.15) is 0 Å². The van der Waals surface area contributed by atoms with E-state index in [1.54, 1.807) is 0 Å². The molecule has 0 amide bonds. The van der Waals surface area contributed by atoms with Crippen LogP contribution in [0.25, 0.3) is 0 Å². The second kappa shape index (κ2) is 2.18. The lowest BCUT2D eigenvalue weighted by atomic mass is 10.3. The van der Waals surface area contributed by atoms with E-state index in [0.29, 0.717) is 0 Å². The monoisotopic (exact) mass is 97.0 g/mol. The van der Waals surface area contributed by atoms with Crippen molar-refractivity contribution in [2.75, 3.05) is 0 Å². The summed E-state index contributed by atoms with van der Waals surface area (Å²) in [4.78, 5) is 9.65. The minimum Gasteiger partial charge on any atom is -0.545 e. The molecule has 2 nitrogen and oxygen atoms in total. The molecule has 0 aromatic carbocycles. The fraction of sp³-hybridized carbons (Fsp3) is 0. The highest BCUT2D eigenvalue weighted by Crippen LogP contribution is 1.83. The molecule has 0 saturated heterocycles. The molecule has 0 aliphatic rings. The van der Waals surface area contributed by atoms with E-state index in [1.165, 1.54) is 0 Å². The molecule has 0 atom stereocenters. The third kappa shape index (κ3) is 1.76. The summed E-state index contributed by atoms with van der Waals surface area (Å²) in [6.07, 6.45) is 1.13. The third-order valence-corrected chi connectivity index (χ3v) is 0.509. The molecular weight excluding hydrogens is 92.1 g/mol. The largest absolute Gasteiger partial charge is 0.545 e. The van der Waals surface area contributed by atoms with Crippen LogP contribution < -0.4 is 5.11 Å². The lowest BCUT2D eigenvalue weighted by Gasteiger charge is -1.95. The fourth-order valence-electron chi connectivity index (χ4n) is 0.0833. The molecule has 0 aromatic heterocycles. The summed E-state index contributed by atoms with van der Waals surface area (Å²) in [5.74, 6) is -1.27. The Hall–Kier alpha value is -1.05. The van der Waals surface area contributed by atoms with E-state index in [1.807, 2.05) is 0 Å². The average Bonchev–Trinajstić information content (AvgIpc) is 1.65. The predicted molar refractivity (Wildman–Crippen MR) is 24.3 cm³/mol. The van der Waals surface area contributed by atoms with Gasteiger partial charge in [-0.25, -0.2) is 0 Å². The Morgan fingerprint density at radius 2 is 2.14 bits per heavy atom. The first-order valence-corrected chi connectivity index (χ1v) is 1.71. The van der Waals surface area contributed by atoms with Crippen LogP contribution in [0.2, 0.25) is 0 Å². The lowest BCUT2D eigenvalue weighted by molar-refractivity contribution is -0.298. The molecule has 0 saturated carbocycles. The first-order chi connectivity index (χ1) is 3.18. The van der Waals surface area contributed by atoms with Gasteiger partial charge in [-0.3, -0.25) is 0 Å². The first-order valence-electron chi connectivity index (χ1n) is 1.71. The van der Waals surface area contributed by atoms with Crippen LogP contribution >= 0.6 is 0 Å². The van der Waals surface area contributed by atoms with Crippen molar-refractivity contribution in [3.63, 3.8) is 0 Å². The molecule has 0 N–H and O–H groups in total. The Kier molecular flexibility index (Phi) is 1.85. The van der Waals surface area contributed by atoms with E-state index in [-0.39, 0.29) is 5.57 Å². The Balaban J connectivity index is 3.81. The maximum absolute atomic E-state index is 9.65. The van der Waals surface area contributed by atoms with Crippen molar-refractivity contribution in [1.82, 2.24) is 0 Å². The topological polar surface area (TPSA) is 40.1 Å². The van der Waals surface area contributed by atoms with Gasteiger partial charge in [-0.05, 0) is 5.57 Å². The standard InChI is InChI=1S/C5H6O2/c1-3-4(2)5(6)7/h3H,1-2H2,(H,6,7)/p-1. The van der Waals surface area contributed by atoms with Crippen molar-refractivity contribution in [2.45, 2.75) is 0 Å². The minimum absolute atomic E-state index is 0.0833. The van der Waals surface area contributed by atoms with Gasteiger partial charge in [0.15, 0.2) is 0 Å². The van der Waals surface area contributed by atoms with E-state index in [0.717, 1.165) is 6.08 Å². The Morgan fingerprint density at radius 3 is 2.14 bits per heavy atom. The molecule has 0 aromatic rings. The van der Waals surface area contributed by atoms with E-state index in [2.05, 4.69) is 13.2 Å². The second-order valence-electron chi connectivity index (χ2n) is 1.02. The molecule has 0 spiro atoms. The molecule has 0 heterocycles. The van der Waals surface area contributed by atoms with Crippen LogP contribution in [-0.4, -0.2) is 5.97 Å². The summed E-state index contributed by atoms with van der Waals surface area (Å²) < 4.78 is 0. The number of aliphatic carboxylic acids is 1. The van der Waals surface area contributed by atoms with Crippen molar-refractivity contribution in [3.05, 3.63) is 24.8 Å². The predicted octanol–water partition coefficient (Wildman–Crippen LogP) is -0.522. The Bertz CT molecular complexity index is 113.